The van der Waals surface area contributed by atoms with E-state index < -0.39 is 41.0 Å². The van der Waals surface area contributed by atoms with Gasteiger partial charge in [0.15, 0.2) is 5.54 Å². The Bertz CT molecular complexity index is 488. The standard InChI is InChI=1S/C15H23NO6/c1-14(22)10(7-8-17)12(19)16-15(14,13(20)21)11(18)9-5-3-2-4-6-9/h3,5,9-11,17-18,22H,2,4,6-8H2,1H3,(H,16,19)(H,20,21)/t9?,10?,11-,14-,15?/m0/s1. The first-order valence-corrected chi connectivity index (χ1v) is 7.52. The Morgan fingerprint density at radius 2 is 2.23 bits per heavy atom. The molecule has 3 unspecified atom stereocenters. The van der Waals surface area contributed by atoms with E-state index in [2.05, 4.69) is 5.32 Å². The van der Waals surface area contributed by atoms with Crippen molar-refractivity contribution in [1.29, 1.82) is 0 Å². The third-order valence-electron chi connectivity index (χ3n) is 5.01. The second kappa shape index (κ2) is 5.98. The number of carbonyl (C=O) groups excluding carboxylic acids is 1. The summed E-state index contributed by atoms with van der Waals surface area (Å²) in [7, 11) is 0. The van der Waals surface area contributed by atoms with Gasteiger partial charge >= 0.3 is 5.97 Å². The number of carbonyl (C=O) groups is 2. The molecule has 22 heavy (non-hydrogen) atoms. The highest BCUT2D eigenvalue weighted by Crippen LogP contribution is 2.43. The average Bonchev–Trinajstić information content (AvgIpc) is 2.68. The smallest absolute Gasteiger partial charge is 0.335 e. The van der Waals surface area contributed by atoms with Crippen molar-refractivity contribution in [2.24, 2.45) is 11.8 Å². The molecule has 0 aromatic carbocycles. The zero-order valence-electron chi connectivity index (χ0n) is 12.5. The van der Waals surface area contributed by atoms with E-state index in [4.69, 9.17) is 5.11 Å². The lowest BCUT2D eigenvalue weighted by Crippen LogP contribution is -2.70. The fourth-order valence-electron chi connectivity index (χ4n) is 3.67. The van der Waals surface area contributed by atoms with Crippen LogP contribution in [-0.2, 0) is 9.59 Å². The van der Waals surface area contributed by atoms with Gasteiger partial charge < -0.3 is 25.7 Å². The van der Waals surface area contributed by atoms with Gasteiger partial charge in [-0.15, -0.1) is 0 Å². The van der Waals surface area contributed by atoms with Crippen LogP contribution in [0, 0.1) is 11.8 Å². The van der Waals surface area contributed by atoms with Gasteiger partial charge in [-0.05, 0) is 32.6 Å². The van der Waals surface area contributed by atoms with E-state index in [-0.39, 0.29) is 13.0 Å². The van der Waals surface area contributed by atoms with E-state index in [0.717, 1.165) is 12.8 Å². The number of hydrogen-bond donors (Lipinski definition) is 5. The van der Waals surface area contributed by atoms with Gasteiger partial charge in [-0.2, -0.15) is 0 Å². The van der Waals surface area contributed by atoms with Gasteiger partial charge in [-0.1, -0.05) is 12.2 Å². The van der Waals surface area contributed by atoms with Crippen molar-refractivity contribution in [2.45, 2.75) is 49.9 Å². The van der Waals surface area contributed by atoms with Crippen molar-refractivity contribution < 1.29 is 30.0 Å². The summed E-state index contributed by atoms with van der Waals surface area (Å²) in [6, 6.07) is 0. The predicted molar refractivity (Wildman–Crippen MR) is 76.8 cm³/mol. The number of carboxylic acids is 1. The molecule has 1 aliphatic heterocycles. The number of aliphatic hydroxyl groups excluding tert-OH is 2. The van der Waals surface area contributed by atoms with Crippen LogP contribution in [0.4, 0.5) is 0 Å². The highest BCUT2D eigenvalue weighted by molar-refractivity contribution is 5.95. The molecular formula is C15H23NO6. The van der Waals surface area contributed by atoms with E-state index in [1.807, 2.05) is 6.08 Å². The number of hydrogen-bond acceptors (Lipinski definition) is 5. The average molecular weight is 313 g/mol. The van der Waals surface area contributed by atoms with Gasteiger partial charge in [-0.3, -0.25) is 4.79 Å². The highest BCUT2D eigenvalue weighted by Gasteiger charge is 2.69. The molecule has 0 aromatic rings. The molecule has 1 heterocycles. The molecule has 124 valence electrons. The molecule has 1 fully saturated rings. The van der Waals surface area contributed by atoms with Crippen LogP contribution in [0.2, 0.25) is 0 Å². The first-order valence-electron chi connectivity index (χ1n) is 7.52. The number of aliphatic carboxylic acids is 1. The zero-order chi connectivity index (χ0) is 16.5. The second-order valence-electron chi connectivity index (χ2n) is 6.28. The van der Waals surface area contributed by atoms with E-state index in [0.29, 0.717) is 6.42 Å². The number of allylic oxidation sites excluding steroid dienone is 1. The van der Waals surface area contributed by atoms with Gasteiger partial charge in [0.25, 0.3) is 0 Å². The molecule has 0 spiro atoms. The third-order valence-corrected chi connectivity index (χ3v) is 5.01. The van der Waals surface area contributed by atoms with Crippen LogP contribution in [-0.4, -0.2) is 56.2 Å². The Labute approximate surface area is 128 Å². The van der Waals surface area contributed by atoms with E-state index >= 15 is 0 Å². The van der Waals surface area contributed by atoms with Crippen molar-refractivity contribution in [3.05, 3.63) is 12.2 Å². The molecule has 1 amide bonds. The van der Waals surface area contributed by atoms with Crippen LogP contribution >= 0.6 is 0 Å². The minimum atomic E-state index is -2.18. The quantitative estimate of drug-likeness (QED) is 0.432. The Balaban J connectivity index is 2.44. The molecule has 0 aromatic heterocycles. The number of aliphatic hydroxyl groups is 3. The predicted octanol–water partition coefficient (Wildman–Crippen LogP) is -0.594. The third kappa shape index (κ3) is 2.33. The minimum absolute atomic E-state index is 0.0684. The Morgan fingerprint density at radius 1 is 1.55 bits per heavy atom. The minimum Gasteiger partial charge on any atom is -0.479 e. The van der Waals surface area contributed by atoms with Crippen molar-refractivity contribution >= 4 is 11.9 Å². The molecule has 5 atom stereocenters. The van der Waals surface area contributed by atoms with Crippen LogP contribution in [0.1, 0.15) is 32.6 Å². The number of rotatable bonds is 5. The monoisotopic (exact) mass is 313 g/mol. The summed E-state index contributed by atoms with van der Waals surface area (Å²) in [5.41, 5.74) is -4.19. The summed E-state index contributed by atoms with van der Waals surface area (Å²) in [5.74, 6) is -3.68. The summed E-state index contributed by atoms with van der Waals surface area (Å²) in [6.07, 6.45) is 4.33. The Morgan fingerprint density at radius 3 is 2.73 bits per heavy atom. The number of carboxylic acid groups (broad SMARTS) is 1. The lowest BCUT2D eigenvalue weighted by molar-refractivity contribution is -0.170. The van der Waals surface area contributed by atoms with Gasteiger partial charge in [0.2, 0.25) is 5.91 Å². The summed E-state index contributed by atoms with van der Waals surface area (Å²) in [5, 5.41) is 42.5. The summed E-state index contributed by atoms with van der Waals surface area (Å²) < 4.78 is 0. The van der Waals surface area contributed by atoms with Gasteiger partial charge in [-0.25, -0.2) is 4.79 Å². The molecule has 0 radical (unpaired) electrons. The normalized spacial score (nSPS) is 39.5. The molecule has 7 nitrogen and oxygen atoms in total. The van der Waals surface area contributed by atoms with E-state index in [1.165, 1.54) is 6.92 Å². The lowest BCUT2D eigenvalue weighted by atomic mass is 9.68. The number of nitrogens with one attached hydrogen (secondary N) is 1. The van der Waals surface area contributed by atoms with E-state index in [9.17, 15) is 24.9 Å². The molecular weight excluding hydrogens is 290 g/mol. The van der Waals surface area contributed by atoms with Gasteiger partial charge in [0.1, 0.15) is 5.60 Å². The van der Waals surface area contributed by atoms with Crippen LogP contribution in [0.25, 0.3) is 0 Å². The topological polar surface area (TPSA) is 127 Å². The Hall–Kier alpha value is -1.44. The summed E-state index contributed by atoms with van der Waals surface area (Å²) in [6.45, 7) is 0.873. The molecule has 5 N–H and O–H groups in total. The maximum absolute atomic E-state index is 12.1. The zero-order valence-corrected chi connectivity index (χ0v) is 12.5. The fourth-order valence-corrected chi connectivity index (χ4v) is 3.67. The van der Waals surface area contributed by atoms with E-state index in [1.54, 1.807) is 6.08 Å². The van der Waals surface area contributed by atoms with Gasteiger partial charge in [0, 0.05) is 12.5 Å². The second-order valence-corrected chi connectivity index (χ2v) is 6.28. The molecule has 0 bridgehead atoms. The summed E-state index contributed by atoms with van der Waals surface area (Å²) in [4.78, 5) is 24.0. The number of amides is 1. The van der Waals surface area contributed by atoms with Crippen molar-refractivity contribution in [3.8, 4) is 0 Å². The largest absolute Gasteiger partial charge is 0.479 e. The molecule has 1 saturated heterocycles. The Kier molecular flexibility index (Phi) is 4.60. The maximum atomic E-state index is 12.1. The van der Waals surface area contributed by atoms with Crippen molar-refractivity contribution in [1.82, 2.24) is 5.32 Å². The van der Waals surface area contributed by atoms with Gasteiger partial charge in [0.05, 0.1) is 12.0 Å². The van der Waals surface area contributed by atoms with Crippen LogP contribution in [0.3, 0.4) is 0 Å². The molecule has 2 aliphatic rings. The first-order chi connectivity index (χ1) is 10.3. The summed E-state index contributed by atoms with van der Waals surface area (Å²) >= 11 is 0. The maximum Gasteiger partial charge on any atom is 0.335 e. The molecule has 7 heteroatoms. The van der Waals surface area contributed by atoms with Crippen molar-refractivity contribution in [3.63, 3.8) is 0 Å². The molecule has 1 aliphatic carbocycles. The SMILES string of the molecule is C[C@]1(O)C(CCO)C(=O)NC1(C(=O)O)[C@@H](O)C1C=CCCC1. The lowest BCUT2D eigenvalue weighted by Gasteiger charge is -2.43. The fraction of sp³-hybridized carbons (Fsp3) is 0.733. The molecule has 0 saturated carbocycles. The van der Waals surface area contributed by atoms with Crippen LogP contribution < -0.4 is 5.32 Å². The molecule has 2 rings (SSSR count). The highest BCUT2D eigenvalue weighted by atomic mass is 16.4. The first kappa shape index (κ1) is 16.9. The van der Waals surface area contributed by atoms with Crippen LogP contribution in [0.5, 0.6) is 0 Å². The van der Waals surface area contributed by atoms with Crippen LogP contribution in [0.15, 0.2) is 12.2 Å². The van der Waals surface area contributed by atoms with Crippen molar-refractivity contribution in [2.75, 3.05) is 6.61 Å².